The first-order chi connectivity index (χ1) is 9.65. The van der Waals surface area contributed by atoms with Gasteiger partial charge < -0.3 is 5.73 Å². The summed E-state index contributed by atoms with van der Waals surface area (Å²) in [5.74, 6) is 0. The molecule has 1 unspecified atom stereocenters. The average molecular weight is 326 g/mol. The van der Waals surface area contributed by atoms with E-state index in [-0.39, 0.29) is 6.04 Å². The van der Waals surface area contributed by atoms with Crippen LogP contribution in [0.4, 0.5) is 0 Å². The zero-order chi connectivity index (χ0) is 14.1. The summed E-state index contributed by atoms with van der Waals surface area (Å²) in [5, 5.41) is 2.48. The van der Waals surface area contributed by atoms with E-state index in [2.05, 4.69) is 83.5 Å². The van der Waals surface area contributed by atoms with Gasteiger partial charge in [0.05, 0.1) is 6.04 Å². The van der Waals surface area contributed by atoms with E-state index in [1.54, 1.807) is 0 Å². The molecule has 0 aliphatic heterocycles. The Morgan fingerprint density at radius 1 is 0.850 bits per heavy atom. The van der Waals surface area contributed by atoms with E-state index in [1.807, 2.05) is 0 Å². The minimum Gasteiger partial charge on any atom is -0.320 e. The Kier molecular flexibility index (Phi) is 3.60. The fourth-order valence-corrected chi connectivity index (χ4v) is 2.70. The van der Waals surface area contributed by atoms with Gasteiger partial charge in [0.15, 0.2) is 0 Å². The van der Waals surface area contributed by atoms with E-state index in [9.17, 15) is 0 Å². The smallest absolute Gasteiger partial charge is 0.0551 e. The first-order valence-electron chi connectivity index (χ1n) is 6.65. The molecule has 3 aromatic rings. The molecule has 0 spiro atoms. The number of hydrogen-bond acceptors (Lipinski definition) is 1. The van der Waals surface area contributed by atoms with Crippen molar-refractivity contribution < 1.29 is 0 Å². The Labute approximate surface area is 127 Å². The van der Waals surface area contributed by atoms with Gasteiger partial charge in [0.1, 0.15) is 0 Å². The van der Waals surface area contributed by atoms with Gasteiger partial charge >= 0.3 is 0 Å². The highest BCUT2D eigenvalue weighted by molar-refractivity contribution is 9.10. The number of aryl methyl sites for hydroxylation is 1. The Bertz CT molecular complexity index is 764. The molecule has 0 saturated heterocycles. The van der Waals surface area contributed by atoms with E-state index in [0.29, 0.717) is 0 Å². The summed E-state index contributed by atoms with van der Waals surface area (Å²) in [6.07, 6.45) is 0. The fourth-order valence-electron chi connectivity index (χ4n) is 2.46. The number of halogens is 1. The molecule has 0 heterocycles. The van der Waals surface area contributed by atoms with E-state index in [1.165, 1.54) is 16.3 Å². The molecular formula is C18H16BrN. The highest BCUT2D eigenvalue weighted by atomic mass is 79.9. The van der Waals surface area contributed by atoms with Crippen molar-refractivity contribution in [3.05, 3.63) is 81.8 Å². The van der Waals surface area contributed by atoms with Gasteiger partial charge in [-0.2, -0.15) is 0 Å². The highest BCUT2D eigenvalue weighted by Crippen LogP contribution is 2.26. The molecule has 0 fully saturated rings. The molecule has 2 heteroatoms. The van der Waals surface area contributed by atoms with Crippen LogP contribution < -0.4 is 5.73 Å². The second kappa shape index (κ2) is 5.39. The van der Waals surface area contributed by atoms with Crippen LogP contribution in [0.3, 0.4) is 0 Å². The maximum atomic E-state index is 6.41. The highest BCUT2D eigenvalue weighted by Gasteiger charge is 2.10. The molecule has 0 radical (unpaired) electrons. The number of rotatable bonds is 2. The summed E-state index contributed by atoms with van der Waals surface area (Å²) in [6, 6.07) is 21.0. The van der Waals surface area contributed by atoms with Crippen LogP contribution in [0.15, 0.2) is 65.1 Å². The van der Waals surface area contributed by atoms with Crippen LogP contribution >= 0.6 is 15.9 Å². The van der Waals surface area contributed by atoms with Crippen molar-refractivity contribution >= 4 is 26.7 Å². The molecule has 0 bridgehead atoms. The molecular weight excluding hydrogens is 310 g/mol. The molecule has 0 aliphatic carbocycles. The van der Waals surface area contributed by atoms with Crippen molar-refractivity contribution in [2.24, 2.45) is 5.73 Å². The van der Waals surface area contributed by atoms with Crippen LogP contribution in [-0.4, -0.2) is 0 Å². The van der Waals surface area contributed by atoms with Crippen molar-refractivity contribution in [3.63, 3.8) is 0 Å². The maximum absolute atomic E-state index is 6.41. The lowest BCUT2D eigenvalue weighted by atomic mass is 9.96. The molecule has 20 heavy (non-hydrogen) atoms. The summed E-state index contributed by atoms with van der Waals surface area (Å²) in [7, 11) is 0. The number of hydrogen-bond donors (Lipinski definition) is 1. The Hall–Kier alpha value is -1.64. The molecule has 1 atom stereocenters. The number of fused-ring (bicyclic) bond motifs is 1. The summed E-state index contributed by atoms with van der Waals surface area (Å²) in [5.41, 5.74) is 9.90. The van der Waals surface area contributed by atoms with Gasteiger partial charge in [-0.3, -0.25) is 0 Å². The lowest BCUT2D eigenvalue weighted by Crippen LogP contribution is -2.11. The minimum atomic E-state index is -0.0913. The minimum absolute atomic E-state index is 0.0913. The number of benzene rings is 3. The monoisotopic (exact) mass is 325 g/mol. The van der Waals surface area contributed by atoms with Crippen LogP contribution in [-0.2, 0) is 0 Å². The second-order valence-corrected chi connectivity index (χ2v) is 5.95. The molecule has 0 amide bonds. The van der Waals surface area contributed by atoms with E-state index < -0.39 is 0 Å². The third kappa shape index (κ3) is 2.49. The van der Waals surface area contributed by atoms with Crippen molar-refractivity contribution in [1.82, 2.24) is 0 Å². The Morgan fingerprint density at radius 3 is 2.25 bits per heavy atom. The fraction of sp³-hybridized carbons (Fsp3) is 0.111. The molecule has 3 rings (SSSR count). The quantitative estimate of drug-likeness (QED) is 0.708. The summed E-state index contributed by atoms with van der Waals surface area (Å²) < 4.78 is 1.12. The molecule has 0 aromatic heterocycles. The van der Waals surface area contributed by atoms with E-state index in [4.69, 9.17) is 5.73 Å². The van der Waals surface area contributed by atoms with Crippen LogP contribution in [0.5, 0.6) is 0 Å². The second-order valence-electron chi connectivity index (χ2n) is 5.09. The molecule has 3 aromatic carbocycles. The summed E-state index contributed by atoms with van der Waals surface area (Å²) >= 11 is 3.53. The standard InChI is InChI=1S/C18H16BrN/c1-12-10-15(8-9-17(12)19)18(20)16-7-6-13-4-2-3-5-14(13)11-16/h2-11,18H,20H2,1H3. The van der Waals surface area contributed by atoms with E-state index >= 15 is 0 Å². The predicted molar refractivity (Wildman–Crippen MR) is 88.9 cm³/mol. The van der Waals surface area contributed by atoms with Crippen LogP contribution in [0.1, 0.15) is 22.7 Å². The lowest BCUT2D eigenvalue weighted by molar-refractivity contribution is 0.871. The molecule has 0 saturated carbocycles. The molecule has 0 aliphatic rings. The zero-order valence-electron chi connectivity index (χ0n) is 11.3. The van der Waals surface area contributed by atoms with Gasteiger partial charge in [-0.15, -0.1) is 0 Å². The van der Waals surface area contributed by atoms with Crippen LogP contribution in [0, 0.1) is 6.92 Å². The largest absolute Gasteiger partial charge is 0.320 e. The van der Waals surface area contributed by atoms with Crippen molar-refractivity contribution in [2.75, 3.05) is 0 Å². The third-order valence-corrected chi connectivity index (χ3v) is 4.56. The Morgan fingerprint density at radius 2 is 1.50 bits per heavy atom. The topological polar surface area (TPSA) is 26.0 Å². The molecule has 100 valence electrons. The first-order valence-corrected chi connectivity index (χ1v) is 7.45. The SMILES string of the molecule is Cc1cc(C(N)c2ccc3ccccc3c2)ccc1Br. The van der Waals surface area contributed by atoms with Gasteiger partial charge in [0, 0.05) is 4.47 Å². The zero-order valence-corrected chi connectivity index (χ0v) is 12.9. The van der Waals surface area contributed by atoms with Crippen molar-refractivity contribution in [3.8, 4) is 0 Å². The van der Waals surface area contributed by atoms with Gasteiger partial charge in [-0.05, 0) is 46.5 Å². The predicted octanol–water partition coefficient (Wildman–Crippen LogP) is 4.96. The van der Waals surface area contributed by atoms with Gasteiger partial charge in [-0.1, -0.05) is 64.5 Å². The van der Waals surface area contributed by atoms with Crippen molar-refractivity contribution in [2.45, 2.75) is 13.0 Å². The molecule has 1 nitrogen and oxygen atoms in total. The van der Waals surface area contributed by atoms with E-state index in [0.717, 1.165) is 15.6 Å². The van der Waals surface area contributed by atoms with Gasteiger partial charge in [0.25, 0.3) is 0 Å². The van der Waals surface area contributed by atoms with Crippen LogP contribution in [0.25, 0.3) is 10.8 Å². The summed E-state index contributed by atoms with van der Waals surface area (Å²) in [4.78, 5) is 0. The summed E-state index contributed by atoms with van der Waals surface area (Å²) in [6.45, 7) is 2.08. The van der Waals surface area contributed by atoms with Crippen LogP contribution in [0.2, 0.25) is 0 Å². The van der Waals surface area contributed by atoms with Crippen molar-refractivity contribution in [1.29, 1.82) is 0 Å². The normalized spacial score (nSPS) is 12.6. The molecule has 2 N–H and O–H groups in total. The van der Waals surface area contributed by atoms with Gasteiger partial charge in [-0.25, -0.2) is 0 Å². The maximum Gasteiger partial charge on any atom is 0.0551 e. The first kappa shape index (κ1) is 13.3. The van der Waals surface area contributed by atoms with Gasteiger partial charge in [0.2, 0.25) is 0 Å². The number of nitrogens with two attached hydrogens (primary N) is 1. The average Bonchev–Trinajstić information content (AvgIpc) is 2.49. The lowest BCUT2D eigenvalue weighted by Gasteiger charge is -2.14. The third-order valence-electron chi connectivity index (χ3n) is 3.67. The Balaban J connectivity index is 2.02.